The topological polar surface area (TPSA) is 128 Å². The van der Waals surface area contributed by atoms with Crippen molar-refractivity contribution in [2.75, 3.05) is 37.7 Å². The summed E-state index contributed by atoms with van der Waals surface area (Å²) in [7, 11) is -3.70. The van der Waals surface area contributed by atoms with E-state index in [0.717, 1.165) is 18.7 Å². The molecule has 3 rings (SSSR count). The summed E-state index contributed by atoms with van der Waals surface area (Å²) >= 11 is 0. The number of nitrogens with two attached hydrogens (primary N) is 1. The summed E-state index contributed by atoms with van der Waals surface area (Å²) < 4.78 is 27.8. The van der Waals surface area contributed by atoms with Gasteiger partial charge in [-0.3, -0.25) is 4.79 Å². The van der Waals surface area contributed by atoms with Gasteiger partial charge in [0.15, 0.2) is 0 Å². The highest BCUT2D eigenvalue weighted by Gasteiger charge is 2.15. The number of nitrogens with one attached hydrogen (secondary N) is 1. The smallest absolute Gasteiger partial charge is 0.270 e. The lowest BCUT2D eigenvalue weighted by molar-refractivity contribution is 0.0949. The molecule has 1 amide bonds. The number of sulfonamides is 1. The molecule has 0 spiro atoms. The minimum absolute atomic E-state index is 0.0620. The van der Waals surface area contributed by atoms with Crippen molar-refractivity contribution in [2.45, 2.75) is 11.3 Å². The number of rotatable bonds is 6. The Hall–Kier alpha value is -2.56. The second-order valence-electron chi connectivity index (χ2n) is 6.06. The third kappa shape index (κ3) is 5.22. The van der Waals surface area contributed by atoms with Gasteiger partial charge >= 0.3 is 0 Å². The second-order valence-corrected chi connectivity index (χ2v) is 7.62. The molecular weight excluding hydrogens is 370 g/mol. The van der Waals surface area contributed by atoms with Gasteiger partial charge < -0.3 is 15.0 Å². The van der Waals surface area contributed by atoms with Crippen LogP contribution in [0.2, 0.25) is 0 Å². The van der Waals surface area contributed by atoms with Crippen LogP contribution in [-0.2, 0) is 21.2 Å². The van der Waals surface area contributed by atoms with E-state index in [0.29, 0.717) is 37.7 Å². The first-order valence-corrected chi connectivity index (χ1v) is 10.0. The number of carbonyl (C=O) groups excluding carboxylic acids is 1. The van der Waals surface area contributed by atoms with Crippen molar-refractivity contribution in [1.82, 2.24) is 15.3 Å². The molecule has 0 unspecified atom stereocenters. The molecule has 0 bridgehead atoms. The molecule has 2 heterocycles. The van der Waals surface area contributed by atoms with E-state index < -0.39 is 10.0 Å². The Kier molecular flexibility index (Phi) is 5.99. The number of anilines is 1. The zero-order valence-electron chi connectivity index (χ0n) is 14.7. The van der Waals surface area contributed by atoms with Gasteiger partial charge in [0, 0.05) is 25.7 Å². The van der Waals surface area contributed by atoms with Crippen LogP contribution in [0.1, 0.15) is 16.1 Å². The van der Waals surface area contributed by atoms with E-state index in [2.05, 4.69) is 20.2 Å². The highest BCUT2D eigenvalue weighted by Crippen LogP contribution is 2.13. The van der Waals surface area contributed by atoms with Crippen LogP contribution in [0.4, 0.5) is 5.82 Å². The molecule has 3 N–H and O–H groups in total. The van der Waals surface area contributed by atoms with Crippen LogP contribution in [-0.4, -0.2) is 57.1 Å². The van der Waals surface area contributed by atoms with Gasteiger partial charge in [0.25, 0.3) is 5.91 Å². The fourth-order valence-corrected chi connectivity index (χ4v) is 3.21. The van der Waals surface area contributed by atoms with Gasteiger partial charge in [0.1, 0.15) is 17.8 Å². The number of hydrogen-bond acceptors (Lipinski definition) is 7. The normalized spacial score (nSPS) is 14.8. The maximum Gasteiger partial charge on any atom is 0.270 e. The molecule has 0 atom stereocenters. The summed E-state index contributed by atoms with van der Waals surface area (Å²) in [4.78, 5) is 22.7. The van der Waals surface area contributed by atoms with Gasteiger partial charge in [-0.2, -0.15) is 0 Å². The Balaban J connectivity index is 1.55. The van der Waals surface area contributed by atoms with Gasteiger partial charge in [-0.05, 0) is 24.1 Å². The van der Waals surface area contributed by atoms with Crippen LogP contribution in [0.15, 0.2) is 41.6 Å². The standard InChI is InChI=1S/C17H21N5O4S/c18-27(24,25)14-3-1-13(2-4-14)5-6-19-17(23)15-11-16(21-12-20-15)22-7-9-26-10-8-22/h1-4,11-12H,5-10H2,(H,19,23)(H2,18,24,25). The lowest BCUT2D eigenvalue weighted by atomic mass is 10.1. The van der Waals surface area contributed by atoms with Crippen molar-refractivity contribution in [1.29, 1.82) is 0 Å². The summed E-state index contributed by atoms with van der Waals surface area (Å²) in [6.07, 6.45) is 1.93. The van der Waals surface area contributed by atoms with E-state index in [1.807, 2.05) is 0 Å². The number of morpholine rings is 1. The predicted molar refractivity (Wildman–Crippen MR) is 98.9 cm³/mol. The molecule has 1 aromatic heterocycles. The summed E-state index contributed by atoms with van der Waals surface area (Å²) in [6.45, 7) is 3.12. The third-order valence-electron chi connectivity index (χ3n) is 4.17. The molecule has 0 radical (unpaired) electrons. The fraction of sp³-hybridized carbons (Fsp3) is 0.353. The van der Waals surface area contributed by atoms with E-state index in [1.54, 1.807) is 18.2 Å². The zero-order chi connectivity index (χ0) is 19.3. The molecule has 9 nitrogen and oxygen atoms in total. The number of amides is 1. The maximum absolute atomic E-state index is 12.3. The molecule has 144 valence electrons. The predicted octanol–water partition coefficient (Wildman–Crippen LogP) is -0.0669. The second kappa shape index (κ2) is 8.42. The molecule has 10 heteroatoms. The fourth-order valence-electron chi connectivity index (χ4n) is 2.69. The highest BCUT2D eigenvalue weighted by molar-refractivity contribution is 7.89. The Bertz CT molecular complexity index is 896. The zero-order valence-corrected chi connectivity index (χ0v) is 15.5. The summed E-state index contributed by atoms with van der Waals surface area (Å²) in [5.41, 5.74) is 1.19. The molecule has 1 fully saturated rings. The van der Waals surface area contributed by atoms with Crippen molar-refractivity contribution in [2.24, 2.45) is 5.14 Å². The van der Waals surface area contributed by atoms with Crippen molar-refractivity contribution in [3.05, 3.63) is 47.9 Å². The first kappa shape index (κ1) is 19.2. The number of nitrogens with zero attached hydrogens (tertiary/aromatic N) is 3. The Morgan fingerprint density at radius 1 is 1.19 bits per heavy atom. The van der Waals surface area contributed by atoms with E-state index in [-0.39, 0.29) is 10.8 Å². The van der Waals surface area contributed by atoms with E-state index in [4.69, 9.17) is 9.88 Å². The highest BCUT2D eigenvalue weighted by atomic mass is 32.2. The molecule has 1 aromatic carbocycles. The molecule has 0 saturated carbocycles. The number of ether oxygens (including phenoxy) is 1. The van der Waals surface area contributed by atoms with Crippen molar-refractivity contribution >= 4 is 21.7 Å². The molecule has 1 aliphatic heterocycles. The monoisotopic (exact) mass is 391 g/mol. The summed E-state index contributed by atoms with van der Waals surface area (Å²) in [5.74, 6) is 0.421. The van der Waals surface area contributed by atoms with Gasteiger partial charge in [0.05, 0.1) is 18.1 Å². The molecular formula is C17H21N5O4S. The van der Waals surface area contributed by atoms with Crippen LogP contribution in [0.5, 0.6) is 0 Å². The maximum atomic E-state index is 12.3. The molecule has 1 saturated heterocycles. The average Bonchev–Trinajstić information content (AvgIpc) is 2.68. The van der Waals surface area contributed by atoms with Gasteiger partial charge in [-0.1, -0.05) is 12.1 Å². The first-order chi connectivity index (χ1) is 12.9. The summed E-state index contributed by atoms with van der Waals surface area (Å²) in [5, 5.41) is 7.88. The average molecular weight is 391 g/mol. The Labute approximate surface area is 157 Å². The number of benzene rings is 1. The molecule has 27 heavy (non-hydrogen) atoms. The van der Waals surface area contributed by atoms with Crippen molar-refractivity contribution in [3.8, 4) is 0 Å². The Morgan fingerprint density at radius 2 is 1.89 bits per heavy atom. The number of carbonyl (C=O) groups is 1. The van der Waals surface area contributed by atoms with Gasteiger partial charge in [-0.25, -0.2) is 23.5 Å². The van der Waals surface area contributed by atoms with E-state index >= 15 is 0 Å². The largest absolute Gasteiger partial charge is 0.378 e. The van der Waals surface area contributed by atoms with Crippen LogP contribution in [0.3, 0.4) is 0 Å². The lowest BCUT2D eigenvalue weighted by Gasteiger charge is -2.27. The van der Waals surface area contributed by atoms with Crippen LogP contribution in [0.25, 0.3) is 0 Å². The van der Waals surface area contributed by atoms with Crippen LogP contribution in [0, 0.1) is 0 Å². The number of primary sulfonamides is 1. The van der Waals surface area contributed by atoms with E-state index in [9.17, 15) is 13.2 Å². The SMILES string of the molecule is NS(=O)(=O)c1ccc(CCNC(=O)c2cc(N3CCOCC3)ncn2)cc1. The third-order valence-corrected chi connectivity index (χ3v) is 5.10. The lowest BCUT2D eigenvalue weighted by Crippen LogP contribution is -2.37. The van der Waals surface area contributed by atoms with E-state index in [1.165, 1.54) is 18.5 Å². The molecule has 0 aliphatic carbocycles. The van der Waals surface area contributed by atoms with Crippen LogP contribution >= 0.6 is 0 Å². The van der Waals surface area contributed by atoms with Gasteiger partial charge in [0.2, 0.25) is 10.0 Å². The molecule has 2 aromatic rings. The molecule has 1 aliphatic rings. The van der Waals surface area contributed by atoms with Gasteiger partial charge in [-0.15, -0.1) is 0 Å². The Morgan fingerprint density at radius 3 is 2.56 bits per heavy atom. The number of hydrogen-bond donors (Lipinski definition) is 2. The van der Waals surface area contributed by atoms with Crippen molar-refractivity contribution in [3.63, 3.8) is 0 Å². The van der Waals surface area contributed by atoms with Crippen molar-refractivity contribution < 1.29 is 17.9 Å². The first-order valence-electron chi connectivity index (χ1n) is 8.48. The number of aromatic nitrogens is 2. The minimum Gasteiger partial charge on any atom is -0.378 e. The minimum atomic E-state index is -3.70. The quantitative estimate of drug-likeness (QED) is 0.706. The van der Waals surface area contributed by atoms with Crippen LogP contribution < -0.4 is 15.4 Å². The summed E-state index contributed by atoms with van der Waals surface area (Å²) in [6, 6.07) is 7.92.